The molecule has 0 radical (unpaired) electrons. The number of para-hydroxylation sites is 1. The van der Waals surface area contributed by atoms with Gasteiger partial charge in [-0.3, -0.25) is 0 Å². The van der Waals surface area contributed by atoms with E-state index in [0.717, 1.165) is 56.2 Å². The van der Waals surface area contributed by atoms with Gasteiger partial charge in [-0.2, -0.15) is 4.57 Å². The molecule has 0 amide bonds. The molecule has 3 aliphatic rings. The lowest BCUT2D eigenvalue weighted by Gasteiger charge is -2.33. The molecule has 6 aromatic carbocycles. The molecule has 2 aromatic heterocycles. The minimum absolute atomic E-state index is 0.0880. The Morgan fingerprint density at radius 2 is 1.38 bits per heavy atom. The van der Waals surface area contributed by atoms with E-state index in [1.54, 1.807) is 0 Å². The summed E-state index contributed by atoms with van der Waals surface area (Å²) in [5.74, 6) is 0.543. The van der Waals surface area contributed by atoms with Crippen molar-refractivity contribution in [2.24, 2.45) is 0 Å². The highest BCUT2D eigenvalue weighted by Gasteiger charge is 2.68. The minimum atomic E-state index is -1.03. The van der Waals surface area contributed by atoms with Crippen molar-refractivity contribution in [2.75, 3.05) is 0 Å². The molecule has 8 aromatic rings. The first-order valence-electron chi connectivity index (χ1n) is 22.5. The molecule has 3 aliphatic heterocycles. The molecule has 11 rings (SSSR count). The number of hydrogen-bond acceptors (Lipinski definition) is 1. The van der Waals surface area contributed by atoms with Crippen LogP contribution in [0, 0.1) is 27.7 Å². The number of aromatic nitrogens is 3. The monoisotopic (exact) mass is 798 g/mol. The number of nitrogens with zero attached hydrogens (tertiary/aromatic N) is 3. The molecule has 1 atom stereocenters. The van der Waals surface area contributed by atoms with Crippen molar-refractivity contribution < 1.29 is 15.2 Å². The lowest BCUT2D eigenvalue weighted by molar-refractivity contribution is -0.997. The normalized spacial score (nSPS) is 16.0. The van der Waals surface area contributed by atoms with E-state index < -0.39 is 11.7 Å². The second-order valence-electron chi connectivity index (χ2n) is 19.5. The Morgan fingerprint density at radius 1 is 0.656 bits per heavy atom. The van der Waals surface area contributed by atoms with E-state index in [-0.39, 0.29) is 5.41 Å². The SMILES string of the molecule is [2H]C(C)(C)c1cccc(C(C)C)c1-c1ccc(-n2c3[n+]4c5c(cccc52)-c2cc(C(C)(C)C)cc5c2C4(Oc2c(C)cc(C)cc2-3)[n+]2ccc(-c3ccc(C)cc3)cc2-5)c(C)c1. The Kier molecular flexibility index (Phi) is 7.72. The third kappa shape index (κ3) is 5.17. The molecule has 0 aliphatic carbocycles. The summed E-state index contributed by atoms with van der Waals surface area (Å²) in [6, 6.07) is 43.3. The molecule has 4 heteroatoms. The molecule has 0 saturated heterocycles. The van der Waals surface area contributed by atoms with Crippen LogP contribution in [0.3, 0.4) is 0 Å². The van der Waals surface area contributed by atoms with Gasteiger partial charge in [0.15, 0.2) is 23.0 Å². The lowest BCUT2D eigenvalue weighted by Crippen LogP contribution is -2.78. The summed E-state index contributed by atoms with van der Waals surface area (Å²) in [5.41, 5.74) is 23.5. The van der Waals surface area contributed by atoms with Gasteiger partial charge in [0.1, 0.15) is 16.8 Å². The maximum absolute atomic E-state index is 9.19. The summed E-state index contributed by atoms with van der Waals surface area (Å²) < 4.78 is 24.5. The van der Waals surface area contributed by atoms with Crippen LogP contribution in [0.15, 0.2) is 121 Å². The smallest absolute Gasteiger partial charge is 0.392 e. The average molecular weight is 799 g/mol. The zero-order valence-corrected chi connectivity index (χ0v) is 37.4. The van der Waals surface area contributed by atoms with E-state index in [1.165, 1.54) is 66.8 Å². The third-order valence-electron chi connectivity index (χ3n) is 13.7. The van der Waals surface area contributed by atoms with Crippen molar-refractivity contribution in [3.05, 3.63) is 166 Å². The van der Waals surface area contributed by atoms with E-state index in [2.05, 4.69) is 197 Å². The van der Waals surface area contributed by atoms with Gasteiger partial charge >= 0.3 is 11.7 Å². The van der Waals surface area contributed by atoms with Gasteiger partial charge in [-0.25, -0.2) is 0 Å². The van der Waals surface area contributed by atoms with Gasteiger partial charge in [-0.1, -0.05) is 115 Å². The summed E-state index contributed by atoms with van der Waals surface area (Å²) in [6.07, 6.45) is 2.27. The van der Waals surface area contributed by atoms with Crippen molar-refractivity contribution in [1.82, 2.24) is 4.57 Å². The molecule has 0 saturated carbocycles. The van der Waals surface area contributed by atoms with Gasteiger partial charge in [0, 0.05) is 24.6 Å². The minimum Gasteiger partial charge on any atom is -0.392 e. The fraction of sp³-hybridized carbons (Fsp3) is 0.263. The predicted molar refractivity (Wildman–Crippen MR) is 250 cm³/mol. The van der Waals surface area contributed by atoms with Crippen molar-refractivity contribution >= 4 is 11.0 Å². The van der Waals surface area contributed by atoms with Crippen LogP contribution in [0.1, 0.15) is 106 Å². The molecule has 5 heterocycles. The van der Waals surface area contributed by atoms with Gasteiger partial charge in [-0.15, -0.1) is 9.13 Å². The van der Waals surface area contributed by atoms with Crippen molar-refractivity contribution in [3.63, 3.8) is 0 Å². The third-order valence-corrected chi connectivity index (χ3v) is 13.7. The maximum Gasteiger partial charge on any atom is 0.499 e. The van der Waals surface area contributed by atoms with Crippen molar-refractivity contribution in [3.8, 4) is 67.5 Å². The Balaban J connectivity index is 1.26. The number of rotatable bonds is 5. The van der Waals surface area contributed by atoms with Crippen LogP contribution in [-0.2, 0) is 11.3 Å². The number of ether oxygens (including phenoxy) is 1. The highest BCUT2D eigenvalue weighted by molar-refractivity contribution is 5.98. The molecule has 4 nitrogen and oxygen atoms in total. The Labute approximate surface area is 362 Å². The van der Waals surface area contributed by atoms with E-state index in [9.17, 15) is 1.37 Å². The molecule has 1 spiro atoms. The van der Waals surface area contributed by atoms with Crippen LogP contribution < -0.4 is 13.9 Å². The predicted octanol–water partition coefficient (Wildman–Crippen LogP) is 13.5. The standard InChI is InChI=1S/C57H55N3O/c1-32(2)42-14-12-15-43(33(3)4)51(42)40-22-23-48(36(7)28-40)59-49-17-13-16-44-45-30-41(56(9,10)11)31-46-50-29-39(38-20-18-34(5)19-21-38)24-25-58(50)57(52(45)46)60(53(44)49)55(59)47-27-35(6)26-37(8)54(47)61-57/h12-33H,1-11H3/q+2/i32D. The number of hydrogen-bond donors (Lipinski definition) is 0. The van der Waals surface area contributed by atoms with E-state index in [4.69, 9.17) is 4.74 Å². The first kappa shape index (κ1) is 36.6. The Bertz CT molecular complexity index is 3240. The van der Waals surface area contributed by atoms with Crippen LogP contribution >= 0.6 is 0 Å². The first-order valence-corrected chi connectivity index (χ1v) is 22.0. The summed E-state index contributed by atoms with van der Waals surface area (Å²) in [5, 5.41) is 0. The quantitative estimate of drug-likeness (QED) is 0.159. The highest BCUT2D eigenvalue weighted by atomic mass is 16.5. The zero-order chi connectivity index (χ0) is 43.4. The molecule has 61 heavy (non-hydrogen) atoms. The number of fused-ring (bicyclic) bond motifs is 5. The zero-order valence-electron chi connectivity index (χ0n) is 38.4. The average Bonchev–Trinajstić information content (AvgIpc) is 3.72. The fourth-order valence-electron chi connectivity index (χ4n) is 10.7. The molecule has 0 bridgehead atoms. The summed E-state index contributed by atoms with van der Waals surface area (Å²) in [7, 11) is 0. The van der Waals surface area contributed by atoms with Gasteiger partial charge in [-0.05, 0) is 143 Å². The van der Waals surface area contributed by atoms with Crippen LogP contribution in [0.2, 0.25) is 0 Å². The van der Waals surface area contributed by atoms with E-state index in [0.29, 0.717) is 5.92 Å². The van der Waals surface area contributed by atoms with Gasteiger partial charge in [0.25, 0.3) is 0 Å². The Morgan fingerprint density at radius 3 is 2.10 bits per heavy atom. The largest absolute Gasteiger partial charge is 0.499 e. The lowest BCUT2D eigenvalue weighted by atomic mass is 9.80. The molecule has 302 valence electrons. The topological polar surface area (TPSA) is 21.9 Å². The molecular formula is C57H55N3O+2. The van der Waals surface area contributed by atoms with E-state index >= 15 is 0 Å². The van der Waals surface area contributed by atoms with Crippen LogP contribution in [0.25, 0.3) is 72.7 Å². The number of aryl methyl sites for hydroxylation is 4. The van der Waals surface area contributed by atoms with Crippen LogP contribution in [0.4, 0.5) is 0 Å². The summed E-state index contributed by atoms with van der Waals surface area (Å²) in [4.78, 5) is 0. The first-order chi connectivity index (χ1) is 29.5. The summed E-state index contributed by atoms with van der Waals surface area (Å²) >= 11 is 0. The second kappa shape index (κ2) is 12.9. The summed E-state index contributed by atoms with van der Waals surface area (Å²) in [6.45, 7) is 24.3. The molecule has 1 unspecified atom stereocenters. The van der Waals surface area contributed by atoms with Crippen molar-refractivity contribution in [1.29, 1.82) is 0 Å². The number of pyridine rings is 1. The molecular weight excluding hydrogens is 743 g/mol. The van der Waals surface area contributed by atoms with Gasteiger partial charge in [0.2, 0.25) is 5.69 Å². The van der Waals surface area contributed by atoms with Gasteiger partial charge < -0.3 is 4.74 Å². The fourth-order valence-corrected chi connectivity index (χ4v) is 10.7. The number of imidazole rings is 1. The Hall–Kier alpha value is -6.26. The molecule has 0 N–H and O–H groups in total. The van der Waals surface area contributed by atoms with Crippen LogP contribution in [0.5, 0.6) is 5.75 Å². The molecule has 0 fully saturated rings. The van der Waals surface area contributed by atoms with E-state index in [1.807, 2.05) is 13.8 Å². The van der Waals surface area contributed by atoms with Gasteiger partial charge in [0.05, 0.1) is 5.56 Å². The maximum atomic E-state index is 9.19. The van der Waals surface area contributed by atoms with Crippen molar-refractivity contribution in [2.45, 2.75) is 99.2 Å². The number of benzene rings is 6. The highest BCUT2D eigenvalue weighted by Crippen LogP contribution is 2.55. The van der Waals surface area contributed by atoms with Crippen LogP contribution in [-0.4, -0.2) is 4.57 Å². The second-order valence-corrected chi connectivity index (χ2v) is 19.5.